The van der Waals surface area contributed by atoms with Crippen LogP contribution >= 0.6 is 0 Å². The molecule has 1 aromatic rings. The summed E-state index contributed by atoms with van der Waals surface area (Å²) in [5, 5.41) is 0. The molecule has 15 heavy (non-hydrogen) atoms. The van der Waals surface area contributed by atoms with Gasteiger partial charge in [-0.05, 0) is 24.3 Å². The Morgan fingerprint density at radius 3 is 2.27 bits per heavy atom. The second-order valence-electron chi connectivity index (χ2n) is 5.11. The predicted molar refractivity (Wildman–Crippen MR) is 65.0 cm³/mol. The van der Waals surface area contributed by atoms with E-state index in [0.29, 0.717) is 6.10 Å². The quantitative estimate of drug-likeness (QED) is 0.730. The maximum absolute atomic E-state index is 5.81. The minimum absolute atomic E-state index is 0.233. The molecule has 84 valence electrons. The van der Waals surface area contributed by atoms with E-state index in [4.69, 9.17) is 4.74 Å². The SMILES string of the molecule is CC(OCCc1ccccc1)C(C)(C)C. The van der Waals surface area contributed by atoms with E-state index in [9.17, 15) is 0 Å². The molecule has 0 aliphatic heterocycles. The van der Waals surface area contributed by atoms with Crippen molar-refractivity contribution in [2.45, 2.75) is 40.2 Å². The second kappa shape index (κ2) is 5.32. The molecule has 0 bridgehead atoms. The first-order valence-corrected chi connectivity index (χ1v) is 5.65. The Labute approximate surface area is 93.5 Å². The van der Waals surface area contributed by atoms with E-state index >= 15 is 0 Å². The van der Waals surface area contributed by atoms with E-state index in [1.165, 1.54) is 5.56 Å². The summed E-state index contributed by atoms with van der Waals surface area (Å²) in [6, 6.07) is 10.5. The van der Waals surface area contributed by atoms with Crippen LogP contribution in [0.4, 0.5) is 0 Å². The molecular weight excluding hydrogens is 184 g/mol. The summed E-state index contributed by atoms with van der Waals surface area (Å²) in [7, 11) is 0. The number of ether oxygens (including phenoxy) is 1. The zero-order valence-electron chi connectivity index (χ0n) is 10.3. The zero-order valence-corrected chi connectivity index (χ0v) is 10.3. The Bertz CT molecular complexity index is 271. The van der Waals surface area contributed by atoms with E-state index in [1.54, 1.807) is 0 Å². The molecule has 0 aliphatic rings. The summed E-state index contributed by atoms with van der Waals surface area (Å²) in [6.45, 7) is 9.58. The van der Waals surface area contributed by atoms with Gasteiger partial charge in [0.25, 0.3) is 0 Å². The third-order valence-electron chi connectivity index (χ3n) is 2.82. The fraction of sp³-hybridized carbons (Fsp3) is 0.571. The van der Waals surface area contributed by atoms with Crippen LogP contribution in [0.15, 0.2) is 30.3 Å². The van der Waals surface area contributed by atoms with E-state index in [0.717, 1.165) is 13.0 Å². The number of hydrogen-bond acceptors (Lipinski definition) is 1. The second-order valence-corrected chi connectivity index (χ2v) is 5.11. The Morgan fingerprint density at radius 2 is 1.73 bits per heavy atom. The molecule has 0 N–H and O–H groups in total. The van der Waals surface area contributed by atoms with Crippen molar-refractivity contribution in [3.8, 4) is 0 Å². The molecule has 0 heterocycles. The molecule has 1 aromatic carbocycles. The highest BCUT2D eigenvalue weighted by Crippen LogP contribution is 2.21. The Hall–Kier alpha value is -0.820. The van der Waals surface area contributed by atoms with Crippen molar-refractivity contribution >= 4 is 0 Å². The smallest absolute Gasteiger partial charge is 0.0595 e. The molecule has 0 aromatic heterocycles. The standard InChI is InChI=1S/C14H22O/c1-12(14(2,3)4)15-11-10-13-8-6-5-7-9-13/h5-9,12H,10-11H2,1-4H3. The maximum atomic E-state index is 5.81. The van der Waals surface area contributed by atoms with Crippen molar-refractivity contribution in [3.05, 3.63) is 35.9 Å². The molecule has 0 fully saturated rings. The van der Waals surface area contributed by atoms with E-state index in [-0.39, 0.29) is 5.41 Å². The summed E-state index contributed by atoms with van der Waals surface area (Å²) < 4.78 is 5.81. The normalized spacial score (nSPS) is 13.9. The van der Waals surface area contributed by atoms with Gasteiger partial charge in [-0.2, -0.15) is 0 Å². The van der Waals surface area contributed by atoms with Crippen LogP contribution in [0.1, 0.15) is 33.3 Å². The molecule has 0 radical (unpaired) electrons. The van der Waals surface area contributed by atoms with Crippen molar-refractivity contribution in [1.82, 2.24) is 0 Å². The molecule has 0 amide bonds. The van der Waals surface area contributed by atoms with Gasteiger partial charge in [-0.25, -0.2) is 0 Å². The Balaban J connectivity index is 2.28. The number of rotatable bonds is 4. The first kappa shape index (κ1) is 12.3. The average Bonchev–Trinajstić information content (AvgIpc) is 2.18. The van der Waals surface area contributed by atoms with Crippen LogP contribution in [-0.4, -0.2) is 12.7 Å². The van der Waals surface area contributed by atoms with Gasteiger partial charge in [-0.1, -0.05) is 51.1 Å². The first-order chi connectivity index (χ1) is 7.00. The maximum Gasteiger partial charge on any atom is 0.0595 e. The highest BCUT2D eigenvalue weighted by atomic mass is 16.5. The fourth-order valence-corrected chi connectivity index (χ4v) is 1.25. The lowest BCUT2D eigenvalue weighted by molar-refractivity contribution is -0.00318. The third-order valence-corrected chi connectivity index (χ3v) is 2.82. The number of hydrogen-bond donors (Lipinski definition) is 0. The molecule has 0 saturated heterocycles. The van der Waals surface area contributed by atoms with Crippen molar-refractivity contribution in [1.29, 1.82) is 0 Å². The molecule has 1 heteroatoms. The minimum Gasteiger partial charge on any atom is -0.378 e. The Kier molecular flexibility index (Phi) is 4.34. The predicted octanol–water partition coefficient (Wildman–Crippen LogP) is 3.68. The van der Waals surface area contributed by atoms with Crippen LogP contribution in [0.5, 0.6) is 0 Å². The molecule has 1 unspecified atom stereocenters. The highest BCUT2D eigenvalue weighted by molar-refractivity contribution is 5.14. The van der Waals surface area contributed by atoms with Gasteiger partial charge in [0, 0.05) is 0 Å². The molecule has 0 aliphatic carbocycles. The largest absolute Gasteiger partial charge is 0.378 e. The van der Waals surface area contributed by atoms with E-state index in [1.807, 2.05) is 6.07 Å². The van der Waals surface area contributed by atoms with Gasteiger partial charge < -0.3 is 4.74 Å². The van der Waals surface area contributed by atoms with Gasteiger partial charge in [0.2, 0.25) is 0 Å². The zero-order chi connectivity index (χ0) is 11.3. The third kappa shape index (κ3) is 4.48. The van der Waals surface area contributed by atoms with Gasteiger partial charge in [0.15, 0.2) is 0 Å². The minimum atomic E-state index is 0.233. The van der Waals surface area contributed by atoms with Crippen molar-refractivity contribution in [3.63, 3.8) is 0 Å². The summed E-state index contributed by atoms with van der Waals surface area (Å²) >= 11 is 0. The van der Waals surface area contributed by atoms with E-state index < -0.39 is 0 Å². The van der Waals surface area contributed by atoms with Crippen LogP contribution in [0, 0.1) is 5.41 Å². The first-order valence-electron chi connectivity index (χ1n) is 5.65. The number of benzene rings is 1. The topological polar surface area (TPSA) is 9.23 Å². The summed E-state index contributed by atoms with van der Waals surface area (Å²) in [5.41, 5.74) is 1.58. The highest BCUT2D eigenvalue weighted by Gasteiger charge is 2.19. The van der Waals surface area contributed by atoms with Gasteiger partial charge >= 0.3 is 0 Å². The van der Waals surface area contributed by atoms with Crippen LogP contribution in [-0.2, 0) is 11.2 Å². The average molecular weight is 206 g/mol. The lowest BCUT2D eigenvalue weighted by Crippen LogP contribution is -2.26. The van der Waals surface area contributed by atoms with Crippen LogP contribution in [0.2, 0.25) is 0 Å². The summed E-state index contributed by atoms with van der Waals surface area (Å²) in [4.78, 5) is 0. The lowest BCUT2D eigenvalue weighted by Gasteiger charge is -2.27. The van der Waals surface area contributed by atoms with Gasteiger partial charge in [-0.15, -0.1) is 0 Å². The van der Waals surface area contributed by atoms with Gasteiger partial charge in [-0.3, -0.25) is 0 Å². The molecule has 1 rings (SSSR count). The van der Waals surface area contributed by atoms with Gasteiger partial charge in [0.1, 0.15) is 0 Å². The summed E-state index contributed by atoms with van der Waals surface area (Å²) in [5.74, 6) is 0. The molecule has 0 spiro atoms. The van der Waals surface area contributed by atoms with Gasteiger partial charge in [0.05, 0.1) is 12.7 Å². The van der Waals surface area contributed by atoms with Crippen LogP contribution < -0.4 is 0 Å². The van der Waals surface area contributed by atoms with E-state index in [2.05, 4.69) is 52.0 Å². The van der Waals surface area contributed by atoms with Crippen molar-refractivity contribution in [2.24, 2.45) is 5.41 Å². The summed E-state index contributed by atoms with van der Waals surface area (Å²) in [6.07, 6.45) is 1.31. The van der Waals surface area contributed by atoms with Crippen LogP contribution in [0.25, 0.3) is 0 Å². The Morgan fingerprint density at radius 1 is 1.13 bits per heavy atom. The molecule has 1 nitrogen and oxygen atoms in total. The van der Waals surface area contributed by atoms with Crippen molar-refractivity contribution < 1.29 is 4.74 Å². The van der Waals surface area contributed by atoms with Crippen molar-refractivity contribution in [2.75, 3.05) is 6.61 Å². The molecule has 1 atom stereocenters. The lowest BCUT2D eigenvalue weighted by atomic mass is 9.90. The molecular formula is C14H22O. The fourth-order valence-electron chi connectivity index (χ4n) is 1.25. The monoisotopic (exact) mass is 206 g/mol. The molecule has 0 saturated carbocycles. The van der Waals surface area contributed by atoms with Crippen LogP contribution in [0.3, 0.4) is 0 Å².